The van der Waals surface area contributed by atoms with Crippen molar-refractivity contribution in [2.24, 2.45) is 0 Å². The third kappa shape index (κ3) is 2.72. The molecule has 0 atom stereocenters. The van der Waals surface area contributed by atoms with Crippen molar-refractivity contribution in [3.05, 3.63) is 23.5 Å². The van der Waals surface area contributed by atoms with Gasteiger partial charge in [-0.25, -0.2) is 4.98 Å². The summed E-state index contributed by atoms with van der Waals surface area (Å²) in [4.78, 5) is 6.45. The van der Waals surface area contributed by atoms with Crippen molar-refractivity contribution in [3.63, 3.8) is 0 Å². The number of hydrogen-bond donors (Lipinski definition) is 1. The van der Waals surface area contributed by atoms with E-state index in [4.69, 9.17) is 9.81 Å². The Labute approximate surface area is 78.8 Å². The topological polar surface area (TPSA) is 104 Å². The van der Waals surface area contributed by atoms with Gasteiger partial charge in [-0.1, -0.05) is 0 Å². The van der Waals surface area contributed by atoms with E-state index >= 15 is 0 Å². The molecule has 0 saturated heterocycles. The van der Waals surface area contributed by atoms with Crippen LogP contribution in [-0.4, -0.2) is 22.9 Å². The van der Waals surface area contributed by atoms with Crippen molar-refractivity contribution in [2.75, 3.05) is 0 Å². The first-order chi connectivity index (χ1) is 6.42. The molecule has 14 heavy (non-hydrogen) atoms. The van der Waals surface area contributed by atoms with Crippen LogP contribution < -0.4 is 0 Å². The first-order valence-electron chi connectivity index (χ1n) is 3.29. The van der Waals surface area contributed by atoms with E-state index < -0.39 is 27.5 Å². The van der Waals surface area contributed by atoms with Gasteiger partial charge in [0.1, 0.15) is 11.8 Å². The van der Waals surface area contributed by atoms with Crippen LogP contribution in [0.15, 0.2) is 6.20 Å². The van der Waals surface area contributed by atoms with E-state index in [0.29, 0.717) is 6.20 Å². The van der Waals surface area contributed by atoms with Crippen LogP contribution >= 0.6 is 0 Å². The fourth-order valence-corrected chi connectivity index (χ4v) is 1.32. The van der Waals surface area contributed by atoms with Crippen LogP contribution in [-0.2, 0) is 15.9 Å². The average molecular weight is 217 g/mol. The van der Waals surface area contributed by atoms with Crippen molar-refractivity contribution >= 4 is 10.1 Å². The van der Waals surface area contributed by atoms with E-state index in [2.05, 4.69) is 9.97 Å². The smallest absolute Gasteiger partial charge is 0.270 e. The van der Waals surface area contributed by atoms with Gasteiger partial charge < -0.3 is 0 Å². The van der Waals surface area contributed by atoms with Crippen molar-refractivity contribution in [2.45, 2.75) is 5.75 Å². The summed E-state index contributed by atoms with van der Waals surface area (Å²) in [7, 11) is -4.30. The van der Waals surface area contributed by atoms with Crippen LogP contribution in [0, 0.1) is 17.3 Å². The predicted molar refractivity (Wildman–Crippen MR) is 42.0 cm³/mol. The van der Waals surface area contributed by atoms with Crippen molar-refractivity contribution in [1.82, 2.24) is 9.97 Å². The fourth-order valence-electron chi connectivity index (χ4n) is 0.760. The van der Waals surface area contributed by atoms with Crippen LogP contribution in [0.1, 0.15) is 11.4 Å². The van der Waals surface area contributed by atoms with Crippen molar-refractivity contribution in [3.8, 4) is 6.07 Å². The standard InChI is InChI=1S/C6H4FN3O3S/c7-6-2-9-5(3-14(11,12)13)4(1-8)10-6/h2H,3H2,(H,11,12,13). The third-order valence-electron chi connectivity index (χ3n) is 1.24. The molecule has 0 unspecified atom stereocenters. The van der Waals surface area contributed by atoms with Crippen molar-refractivity contribution < 1.29 is 17.4 Å². The molecule has 0 aromatic carbocycles. The molecule has 74 valence electrons. The van der Waals surface area contributed by atoms with E-state index in [-0.39, 0.29) is 5.69 Å². The van der Waals surface area contributed by atoms with Crippen LogP contribution in [0.25, 0.3) is 0 Å². The minimum absolute atomic E-state index is 0.281. The summed E-state index contributed by atoms with van der Waals surface area (Å²) >= 11 is 0. The minimum Gasteiger partial charge on any atom is -0.285 e. The maximum Gasteiger partial charge on any atom is 0.270 e. The van der Waals surface area contributed by atoms with E-state index in [9.17, 15) is 12.8 Å². The van der Waals surface area contributed by atoms with Gasteiger partial charge in [-0.05, 0) is 0 Å². The van der Waals surface area contributed by atoms with Crippen LogP contribution in [0.4, 0.5) is 4.39 Å². The maximum absolute atomic E-state index is 12.4. The molecule has 0 amide bonds. The summed E-state index contributed by atoms with van der Waals surface area (Å²) in [6, 6.07) is 1.47. The lowest BCUT2D eigenvalue weighted by Gasteiger charge is -1.98. The first kappa shape index (κ1) is 10.5. The Morgan fingerprint density at radius 3 is 2.79 bits per heavy atom. The zero-order chi connectivity index (χ0) is 10.8. The largest absolute Gasteiger partial charge is 0.285 e. The Kier molecular flexibility index (Phi) is 2.73. The average Bonchev–Trinajstić information content (AvgIpc) is 2.06. The molecular formula is C6H4FN3O3S. The van der Waals surface area contributed by atoms with E-state index in [1.165, 1.54) is 6.07 Å². The third-order valence-corrected chi connectivity index (χ3v) is 1.88. The lowest BCUT2D eigenvalue weighted by molar-refractivity contribution is 0.480. The summed E-state index contributed by atoms with van der Waals surface area (Å²) in [5, 5.41) is 8.44. The van der Waals surface area contributed by atoms with E-state index in [1.54, 1.807) is 0 Å². The highest BCUT2D eigenvalue weighted by Gasteiger charge is 2.14. The van der Waals surface area contributed by atoms with Gasteiger partial charge in [0, 0.05) is 0 Å². The predicted octanol–water partition coefficient (Wildman–Crippen LogP) is -0.125. The molecule has 1 aromatic rings. The molecule has 0 aliphatic carbocycles. The van der Waals surface area contributed by atoms with Crippen molar-refractivity contribution in [1.29, 1.82) is 5.26 Å². The molecular weight excluding hydrogens is 213 g/mol. The number of hydrogen-bond acceptors (Lipinski definition) is 5. The SMILES string of the molecule is N#Cc1nc(F)cnc1CS(=O)(=O)O. The Morgan fingerprint density at radius 1 is 1.64 bits per heavy atom. The lowest BCUT2D eigenvalue weighted by Crippen LogP contribution is -2.07. The second-order valence-electron chi connectivity index (χ2n) is 2.33. The first-order valence-corrected chi connectivity index (χ1v) is 4.90. The summed E-state index contributed by atoms with van der Waals surface area (Å²) in [5.74, 6) is -1.84. The van der Waals surface area contributed by atoms with Gasteiger partial charge in [0.15, 0.2) is 5.69 Å². The Hall–Kier alpha value is -1.59. The Morgan fingerprint density at radius 2 is 2.29 bits per heavy atom. The summed E-state index contributed by atoms with van der Waals surface area (Å²) < 4.78 is 41.8. The Balaban J connectivity index is 3.17. The molecule has 0 spiro atoms. The van der Waals surface area contributed by atoms with E-state index in [1.807, 2.05) is 0 Å². The van der Waals surface area contributed by atoms with Gasteiger partial charge in [-0.15, -0.1) is 0 Å². The quantitative estimate of drug-likeness (QED) is 0.692. The number of halogens is 1. The van der Waals surface area contributed by atoms with Crippen LogP contribution in [0.5, 0.6) is 0 Å². The monoisotopic (exact) mass is 217 g/mol. The molecule has 1 N–H and O–H groups in total. The highest BCUT2D eigenvalue weighted by atomic mass is 32.2. The molecule has 0 aliphatic heterocycles. The zero-order valence-corrected chi connectivity index (χ0v) is 7.49. The van der Waals surface area contributed by atoms with Gasteiger partial charge in [-0.2, -0.15) is 18.1 Å². The number of rotatable bonds is 2. The second kappa shape index (κ2) is 3.65. The van der Waals surface area contributed by atoms with Gasteiger partial charge in [0.25, 0.3) is 10.1 Å². The molecule has 1 heterocycles. The Bertz CT molecular complexity index is 494. The summed E-state index contributed by atoms with van der Waals surface area (Å²) in [6.45, 7) is 0. The molecule has 1 rings (SSSR count). The highest BCUT2D eigenvalue weighted by Crippen LogP contribution is 2.06. The number of nitrogens with zero attached hydrogens (tertiary/aromatic N) is 3. The molecule has 0 bridgehead atoms. The molecule has 0 fully saturated rings. The van der Waals surface area contributed by atoms with Crippen LogP contribution in [0.2, 0.25) is 0 Å². The molecule has 0 aliphatic rings. The van der Waals surface area contributed by atoms with Gasteiger partial charge in [0.2, 0.25) is 5.95 Å². The fraction of sp³-hybridized carbons (Fsp3) is 0.167. The summed E-state index contributed by atoms with van der Waals surface area (Å²) in [5.41, 5.74) is -0.737. The van der Waals surface area contributed by atoms with E-state index in [0.717, 1.165) is 0 Å². The number of nitriles is 1. The maximum atomic E-state index is 12.4. The molecule has 6 nitrogen and oxygen atoms in total. The minimum atomic E-state index is -4.30. The van der Waals surface area contributed by atoms with Crippen LogP contribution in [0.3, 0.4) is 0 Å². The zero-order valence-electron chi connectivity index (χ0n) is 6.68. The van der Waals surface area contributed by atoms with Gasteiger partial charge >= 0.3 is 0 Å². The molecule has 0 radical (unpaired) electrons. The summed E-state index contributed by atoms with van der Waals surface area (Å²) in [6.07, 6.45) is 0.668. The molecule has 0 saturated carbocycles. The number of aromatic nitrogens is 2. The second-order valence-corrected chi connectivity index (χ2v) is 3.78. The normalized spacial score (nSPS) is 10.9. The van der Waals surface area contributed by atoms with Gasteiger partial charge in [0.05, 0.1) is 11.9 Å². The lowest BCUT2D eigenvalue weighted by atomic mass is 10.3. The molecule has 8 heteroatoms. The molecule has 1 aromatic heterocycles. The van der Waals surface area contributed by atoms with Gasteiger partial charge in [-0.3, -0.25) is 9.54 Å². The highest BCUT2D eigenvalue weighted by molar-refractivity contribution is 7.85.